The fraction of sp³-hybridized carbons (Fsp3) is 0.524. The number of pyridine rings is 1. The molecule has 0 unspecified atom stereocenters. The molecule has 8 heteroatoms. The number of hydrogen-bond donors (Lipinski definition) is 0. The third kappa shape index (κ3) is 3.47. The van der Waals surface area contributed by atoms with Gasteiger partial charge in [0, 0.05) is 70.7 Å². The molecule has 1 saturated heterocycles. The Bertz CT molecular complexity index is 925. The zero-order valence-electron chi connectivity index (χ0n) is 17.6. The molecule has 8 nitrogen and oxygen atoms in total. The summed E-state index contributed by atoms with van der Waals surface area (Å²) < 4.78 is 1.84. The van der Waals surface area contributed by atoms with Crippen LogP contribution < -0.4 is 0 Å². The summed E-state index contributed by atoms with van der Waals surface area (Å²) in [4.78, 5) is 35.3. The predicted molar refractivity (Wildman–Crippen MR) is 108 cm³/mol. The molecule has 4 heterocycles. The van der Waals surface area contributed by atoms with Crippen LogP contribution in [0.15, 0.2) is 24.5 Å². The summed E-state index contributed by atoms with van der Waals surface area (Å²) in [6.07, 6.45) is 5.33. The van der Waals surface area contributed by atoms with Crippen LogP contribution in [0.25, 0.3) is 0 Å². The summed E-state index contributed by atoms with van der Waals surface area (Å²) in [5.74, 6) is -0.0503. The molecule has 0 N–H and O–H groups in total. The Hall–Kier alpha value is -2.90. The van der Waals surface area contributed by atoms with Gasteiger partial charge in [-0.15, -0.1) is 0 Å². The molecule has 1 fully saturated rings. The highest BCUT2D eigenvalue weighted by Gasteiger charge is 2.46. The summed E-state index contributed by atoms with van der Waals surface area (Å²) in [5, 5.41) is 4.76. The van der Waals surface area contributed by atoms with E-state index in [2.05, 4.69) is 4.98 Å². The average molecular weight is 396 g/mol. The van der Waals surface area contributed by atoms with Crippen molar-refractivity contribution in [3.63, 3.8) is 0 Å². The summed E-state index contributed by atoms with van der Waals surface area (Å²) >= 11 is 0. The van der Waals surface area contributed by atoms with E-state index in [4.69, 9.17) is 5.10 Å². The number of aryl methyl sites for hydroxylation is 2. The number of rotatable bonds is 1. The lowest BCUT2D eigenvalue weighted by Gasteiger charge is -2.46. The maximum absolute atomic E-state index is 13.2. The topological polar surface area (TPSA) is 74.6 Å². The monoisotopic (exact) mass is 396 g/mol. The minimum atomic E-state index is -0.224. The molecule has 29 heavy (non-hydrogen) atoms. The van der Waals surface area contributed by atoms with E-state index in [1.54, 1.807) is 31.3 Å². The second kappa shape index (κ2) is 7.17. The lowest BCUT2D eigenvalue weighted by atomic mass is 9.72. The van der Waals surface area contributed by atoms with Gasteiger partial charge in [-0.3, -0.25) is 14.5 Å². The molecule has 2 aliphatic rings. The first-order chi connectivity index (χ1) is 13.8. The number of carbonyl (C=O) groups excluding carboxylic acids is 2. The number of urea groups is 1. The normalized spacial score (nSPS) is 17.9. The zero-order valence-corrected chi connectivity index (χ0v) is 17.6. The lowest BCUT2D eigenvalue weighted by molar-refractivity contribution is 0.0578. The van der Waals surface area contributed by atoms with E-state index in [0.717, 1.165) is 29.7 Å². The van der Waals surface area contributed by atoms with Crippen molar-refractivity contribution in [2.75, 3.05) is 33.7 Å². The molecule has 2 aliphatic heterocycles. The Morgan fingerprint density at radius 2 is 1.86 bits per heavy atom. The molecule has 0 saturated carbocycles. The van der Waals surface area contributed by atoms with Crippen LogP contribution in [0.1, 0.15) is 40.2 Å². The summed E-state index contributed by atoms with van der Waals surface area (Å²) in [5.41, 5.74) is 3.45. The maximum atomic E-state index is 13.2. The highest BCUT2D eigenvalue weighted by molar-refractivity contribution is 5.92. The van der Waals surface area contributed by atoms with E-state index in [9.17, 15) is 9.59 Å². The predicted octanol–water partition coefficient (Wildman–Crippen LogP) is 1.79. The fourth-order valence-electron chi connectivity index (χ4n) is 4.51. The number of amides is 3. The van der Waals surface area contributed by atoms with Gasteiger partial charge in [-0.05, 0) is 31.4 Å². The minimum absolute atomic E-state index is 0.0358. The van der Waals surface area contributed by atoms with Crippen molar-refractivity contribution in [1.82, 2.24) is 29.5 Å². The quantitative estimate of drug-likeness (QED) is 0.737. The zero-order chi connectivity index (χ0) is 20.8. The van der Waals surface area contributed by atoms with Gasteiger partial charge in [0.1, 0.15) is 5.69 Å². The van der Waals surface area contributed by atoms with E-state index < -0.39 is 0 Å². The molecule has 4 rings (SSSR count). The van der Waals surface area contributed by atoms with Crippen LogP contribution in [0.3, 0.4) is 0 Å². The van der Waals surface area contributed by atoms with Crippen molar-refractivity contribution in [3.05, 3.63) is 47.0 Å². The lowest BCUT2D eigenvalue weighted by Crippen LogP contribution is -2.55. The number of fused-ring (bicyclic) bond motifs is 2. The smallest absolute Gasteiger partial charge is 0.319 e. The van der Waals surface area contributed by atoms with Crippen LogP contribution in [0.5, 0.6) is 0 Å². The highest BCUT2D eigenvalue weighted by atomic mass is 16.2. The number of piperidine rings is 1. The highest BCUT2D eigenvalue weighted by Crippen LogP contribution is 2.41. The van der Waals surface area contributed by atoms with Gasteiger partial charge in [-0.1, -0.05) is 6.07 Å². The van der Waals surface area contributed by atoms with Crippen LogP contribution in [0.4, 0.5) is 4.79 Å². The molecule has 154 valence electrons. The number of hydrogen-bond acceptors (Lipinski definition) is 4. The second-order valence-corrected chi connectivity index (χ2v) is 8.50. The van der Waals surface area contributed by atoms with Gasteiger partial charge in [0.25, 0.3) is 5.91 Å². The fourth-order valence-corrected chi connectivity index (χ4v) is 4.51. The van der Waals surface area contributed by atoms with E-state index in [0.29, 0.717) is 31.9 Å². The Kier molecular flexibility index (Phi) is 4.80. The first-order valence-electron chi connectivity index (χ1n) is 10.0. The van der Waals surface area contributed by atoms with Gasteiger partial charge in [-0.2, -0.15) is 5.10 Å². The average Bonchev–Trinajstić information content (AvgIpc) is 3.09. The molecule has 1 spiro atoms. The van der Waals surface area contributed by atoms with Gasteiger partial charge >= 0.3 is 6.03 Å². The first-order valence-corrected chi connectivity index (χ1v) is 10.0. The summed E-state index contributed by atoms with van der Waals surface area (Å²) in [6.45, 7) is 4.44. The molecule has 0 atom stereocenters. The Labute approximate surface area is 171 Å². The SMILES string of the molecule is Cc1ccc(C(=O)N2Cc3cn(C)nc3C3(CCN(C(=O)N(C)C)CC3)C2)nc1. The van der Waals surface area contributed by atoms with Gasteiger partial charge in [-0.25, -0.2) is 4.79 Å². The van der Waals surface area contributed by atoms with Crippen LogP contribution in [-0.4, -0.2) is 75.1 Å². The molecular weight excluding hydrogens is 368 g/mol. The van der Waals surface area contributed by atoms with Crippen molar-refractivity contribution in [1.29, 1.82) is 0 Å². The molecule has 0 bridgehead atoms. The van der Waals surface area contributed by atoms with E-state index in [1.807, 2.05) is 40.7 Å². The third-order valence-corrected chi connectivity index (χ3v) is 6.05. The molecule has 2 aromatic heterocycles. The molecule has 2 aromatic rings. The first kappa shape index (κ1) is 19.4. The molecule has 0 radical (unpaired) electrons. The van der Waals surface area contributed by atoms with Gasteiger partial charge in [0.2, 0.25) is 0 Å². The number of likely N-dealkylation sites (tertiary alicyclic amines) is 1. The molecular formula is C21H28N6O2. The number of aromatic nitrogens is 3. The van der Waals surface area contributed by atoms with Crippen LogP contribution in [0.2, 0.25) is 0 Å². The Morgan fingerprint density at radius 1 is 1.14 bits per heavy atom. The molecule has 0 aromatic carbocycles. The van der Waals surface area contributed by atoms with Crippen molar-refractivity contribution in [3.8, 4) is 0 Å². The van der Waals surface area contributed by atoms with Gasteiger partial charge < -0.3 is 14.7 Å². The van der Waals surface area contributed by atoms with E-state index in [1.165, 1.54) is 0 Å². The largest absolute Gasteiger partial charge is 0.332 e. The van der Waals surface area contributed by atoms with Crippen LogP contribution in [-0.2, 0) is 19.0 Å². The van der Waals surface area contributed by atoms with E-state index >= 15 is 0 Å². The number of carbonyl (C=O) groups is 2. The van der Waals surface area contributed by atoms with Gasteiger partial charge in [0.15, 0.2) is 0 Å². The standard InChI is InChI=1S/C21H28N6O2/c1-15-5-6-17(22-11-15)19(28)27-13-16-12-25(4)23-18(16)21(14-27)7-9-26(10-8-21)20(29)24(2)3/h5-6,11-12H,7-10,13-14H2,1-4H3. The summed E-state index contributed by atoms with van der Waals surface area (Å²) in [6, 6.07) is 3.75. The third-order valence-electron chi connectivity index (χ3n) is 6.05. The van der Waals surface area contributed by atoms with Crippen molar-refractivity contribution < 1.29 is 9.59 Å². The van der Waals surface area contributed by atoms with Crippen molar-refractivity contribution in [2.24, 2.45) is 7.05 Å². The van der Waals surface area contributed by atoms with Crippen molar-refractivity contribution in [2.45, 2.75) is 31.7 Å². The van der Waals surface area contributed by atoms with Gasteiger partial charge in [0.05, 0.1) is 5.69 Å². The number of nitrogens with zero attached hydrogens (tertiary/aromatic N) is 6. The second-order valence-electron chi connectivity index (χ2n) is 8.50. The van der Waals surface area contributed by atoms with E-state index in [-0.39, 0.29) is 17.4 Å². The van der Waals surface area contributed by atoms with Crippen LogP contribution >= 0.6 is 0 Å². The Balaban J connectivity index is 1.61. The summed E-state index contributed by atoms with van der Waals surface area (Å²) in [7, 11) is 5.47. The Morgan fingerprint density at radius 3 is 2.48 bits per heavy atom. The van der Waals surface area contributed by atoms with Crippen molar-refractivity contribution >= 4 is 11.9 Å². The molecule has 0 aliphatic carbocycles. The van der Waals surface area contributed by atoms with Crippen LogP contribution in [0, 0.1) is 6.92 Å². The maximum Gasteiger partial charge on any atom is 0.319 e. The minimum Gasteiger partial charge on any atom is -0.332 e. The molecule has 3 amide bonds.